The van der Waals surface area contributed by atoms with Gasteiger partial charge in [-0.3, -0.25) is 0 Å². The summed E-state index contributed by atoms with van der Waals surface area (Å²) in [5, 5.41) is 2.82. The van der Waals surface area contributed by atoms with E-state index in [4.69, 9.17) is 0 Å². The highest BCUT2D eigenvalue weighted by Crippen LogP contribution is 2.13. The average molecular weight is 260 g/mol. The lowest BCUT2D eigenvalue weighted by Gasteiger charge is -2.21. The molecule has 1 rings (SSSR count). The van der Waals surface area contributed by atoms with E-state index in [1.165, 1.54) is 0 Å². The second kappa shape index (κ2) is 6.98. The molecule has 0 unspecified atom stereocenters. The Morgan fingerprint density at radius 1 is 1.26 bits per heavy atom. The number of urea groups is 1. The molecule has 0 aromatic heterocycles. The predicted octanol–water partition coefficient (Wildman–Crippen LogP) is 3.78. The Morgan fingerprint density at radius 3 is 2.42 bits per heavy atom. The van der Waals surface area contributed by atoms with Gasteiger partial charge in [0.2, 0.25) is 0 Å². The third-order valence-electron chi connectivity index (χ3n) is 2.68. The average Bonchev–Trinajstić information content (AvgIpc) is 2.35. The number of carbonyl (C=O) groups is 1. The summed E-state index contributed by atoms with van der Waals surface area (Å²) in [6, 6.07) is 9.95. The lowest BCUT2D eigenvalue weighted by molar-refractivity contribution is 0.202. The van der Waals surface area contributed by atoms with Crippen molar-refractivity contribution in [3.8, 4) is 0 Å². The van der Waals surface area contributed by atoms with Gasteiger partial charge in [0.15, 0.2) is 0 Å². The van der Waals surface area contributed by atoms with Crippen LogP contribution in [-0.2, 0) is 6.54 Å². The molecule has 0 aliphatic heterocycles. The Bertz CT molecular complexity index is 418. The van der Waals surface area contributed by atoms with Gasteiger partial charge in [-0.15, -0.1) is 0 Å². The molecule has 0 bridgehead atoms. The Kier molecular flexibility index (Phi) is 5.61. The van der Waals surface area contributed by atoms with E-state index >= 15 is 0 Å². The van der Waals surface area contributed by atoms with Gasteiger partial charge in [-0.1, -0.05) is 57.2 Å². The Labute approximate surface area is 116 Å². The van der Waals surface area contributed by atoms with Gasteiger partial charge in [0, 0.05) is 19.3 Å². The molecule has 3 heteroatoms. The maximum Gasteiger partial charge on any atom is 0.321 e. The van der Waals surface area contributed by atoms with Crippen molar-refractivity contribution in [1.29, 1.82) is 0 Å². The van der Waals surface area contributed by atoms with Crippen LogP contribution in [0.3, 0.4) is 0 Å². The molecule has 0 heterocycles. The van der Waals surface area contributed by atoms with Crippen molar-refractivity contribution < 1.29 is 4.79 Å². The first kappa shape index (κ1) is 15.3. The van der Waals surface area contributed by atoms with Gasteiger partial charge in [-0.25, -0.2) is 4.79 Å². The van der Waals surface area contributed by atoms with E-state index < -0.39 is 0 Å². The van der Waals surface area contributed by atoms with E-state index in [9.17, 15) is 4.79 Å². The number of benzene rings is 1. The fourth-order valence-electron chi connectivity index (χ4n) is 1.59. The molecule has 0 atom stereocenters. The first-order valence-corrected chi connectivity index (χ1v) is 6.69. The van der Waals surface area contributed by atoms with E-state index in [-0.39, 0.29) is 11.4 Å². The lowest BCUT2D eigenvalue weighted by atomic mass is 9.97. The largest absolute Gasteiger partial charge is 0.321 e. The quantitative estimate of drug-likeness (QED) is 0.878. The fourth-order valence-corrected chi connectivity index (χ4v) is 1.59. The minimum absolute atomic E-state index is 0.0631. The summed E-state index contributed by atoms with van der Waals surface area (Å²) >= 11 is 0. The number of nitrogens with zero attached hydrogens (tertiary/aromatic N) is 1. The number of hydrogen-bond donors (Lipinski definition) is 1. The van der Waals surface area contributed by atoms with Crippen molar-refractivity contribution in [3.05, 3.63) is 48.2 Å². The maximum absolute atomic E-state index is 12.0. The van der Waals surface area contributed by atoms with Crippen LogP contribution in [0.2, 0.25) is 0 Å². The zero-order valence-corrected chi connectivity index (χ0v) is 12.3. The van der Waals surface area contributed by atoms with Gasteiger partial charge < -0.3 is 10.2 Å². The van der Waals surface area contributed by atoms with Crippen molar-refractivity contribution in [2.24, 2.45) is 5.41 Å². The molecule has 3 nitrogen and oxygen atoms in total. The van der Waals surface area contributed by atoms with Crippen LogP contribution in [0.25, 0.3) is 0 Å². The van der Waals surface area contributed by atoms with E-state index in [0.29, 0.717) is 13.1 Å². The summed E-state index contributed by atoms with van der Waals surface area (Å²) in [6.07, 6.45) is 3.72. The smallest absolute Gasteiger partial charge is 0.321 e. The van der Waals surface area contributed by atoms with E-state index in [1.54, 1.807) is 11.1 Å². The first-order chi connectivity index (χ1) is 8.92. The van der Waals surface area contributed by atoms with Crippen LogP contribution >= 0.6 is 0 Å². The molecule has 1 N–H and O–H groups in total. The summed E-state index contributed by atoms with van der Waals surface area (Å²) in [4.78, 5) is 13.8. The van der Waals surface area contributed by atoms with Crippen LogP contribution in [0.5, 0.6) is 0 Å². The molecule has 0 fully saturated rings. The van der Waals surface area contributed by atoms with Crippen molar-refractivity contribution in [2.45, 2.75) is 34.2 Å². The molecule has 1 aromatic carbocycles. The number of carbonyl (C=O) groups excluding carboxylic acids is 1. The number of amides is 2. The highest BCUT2D eigenvalue weighted by Gasteiger charge is 2.10. The molecule has 0 radical (unpaired) electrons. The van der Waals surface area contributed by atoms with Crippen LogP contribution in [-0.4, -0.2) is 17.5 Å². The minimum atomic E-state index is -0.0631. The fraction of sp³-hybridized carbons (Fsp3) is 0.438. The third kappa shape index (κ3) is 6.09. The van der Waals surface area contributed by atoms with Gasteiger partial charge in [-0.2, -0.15) is 0 Å². The topological polar surface area (TPSA) is 32.3 Å². The van der Waals surface area contributed by atoms with Gasteiger partial charge >= 0.3 is 6.03 Å². The molecular formula is C16H24N2O. The minimum Gasteiger partial charge on any atom is -0.321 e. The van der Waals surface area contributed by atoms with Crippen LogP contribution < -0.4 is 5.32 Å². The van der Waals surface area contributed by atoms with Crippen LogP contribution in [0.4, 0.5) is 4.79 Å². The summed E-state index contributed by atoms with van der Waals surface area (Å²) in [5.41, 5.74) is 1.21. The number of nitrogens with one attached hydrogen (secondary N) is 1. The third-order valence-corrected chi connectivity index (χ3v) is 2.68. The van der Waals surface area contributed by atoms with Crippen molar-refractivity contribution in [3.63, 3.8) is 0 Å². The Morgan fingerprint density at radius 2 is 1.89 bits per heavy atom. The normalized spacial score (nSPS) is 11.6. The van der Waals surface area contributed by atoms with Gasteiger partial charge in [0.25, 0.3) is 0 Å². The van der Waals surface area contributed by atoms with Crippen molar-refractivity contribution >= 4 is 6.03 Å². The Balaban J connectivity index is 2.55. The van der Waals surface area contributed by atoms with Gasteiger partial charge in [0.1, 0.15) is 0 Å². The molecular weight excluding hydrogens is 236 g/mol. The van der Waals surface area contributed by atoms with Crippen LogP contribution in [0, 0.1) is 5.41 Å². The standard InChI is InChI=1S/C16H24N2O/c1-5-18(13-14-9-7-6-8-10-14)15(19)17-12-11-16(2,3)4/h6-12H,5,13H2,1-4H3,(H,17,19)/b12-11+. The number of hydrogen-bond acceptors (Lipinski definition) is 1. The summed E-state index contributed by atoms with van der Waals surface area (Å²) in [5.74, 6) is 0. The zero-order valence-electron chi connectivity index (χ0n) is 12.3. The van der Waals surface area contributed by atoms with Crippen LogP contribution in [0.15, 0.2) is 42.6 Å². The molecule has 1 aromatic rings. The second-order valence-corrected chi connectivity index (χ2v) is 5.65. The summed E-state index contributed by atoms with van der Waals surface area (Å²) in [6.45, 7) is 9.58. The molecule has 0 aliphatic carbocycles. The van der Waals surface area contributed by atoms with Gasteiger partial charge in [-0.05, 0) is 17.9 Å². The van der Waals surface area contributed by atoms with Crippen molar-refractivity contribution in [1.82, 2.24) is 10.2 Å². The molecule has 104 valence electrons. The van der Waals surface area contributed by atoms with Crippen LogP contribution in [0.1, 0.15) is 33.3 Å². The summed E-state index contributed by atoms with van der Waals surface area (Å²) in [7, 11) is 0. The molecule has 0 aliphatic rings. The van der Waals surface area contributed by atoms with Gasteiger partial charge in [0.05, 0.1) is 0 Å². The molecule has 0 spiro atoms. The summed E-state index contributed by atoms with van der Waals surface area (Å²) < 4.78 is 0. The second-order valence-electron chi connectivity index (χ2n) is 5.65. The SMILES string of the molecule is CCN(Cc1ccccc1)C(=O)N/C=C/C(C)(C)C. The van der Waals surface area contributed by atoms with E-state index in [2.05, 4.69) is 26.1 Å². The molecule has 0 saturated carbocycles. The lowest BCUT2D eigenvalue weighted by Crippen LogP contribution is -2.37. The number of allylic oxidation sites excluding steroid dienone is 1. The van der Waals surface area contributed by atoms with E-state index in [1.807, 2.05) is 43.3 Å². The molecule has 0 saturated heterocycles. The highest BCUT2D eigenvalue weighted by atomic mass is 16.2. The van der Waals surface area contributed by atoms with Crippen molar-refractivity contribution in [2.75, 3.05) is 6.54 Å². The predicted molar refractivity (Wildman–Crippen MR) is 79.7 cm³/mol. The molecule has 19 heavy (non-hydrogen) atoms. The van der Waals surface area contributed by atoms with E-state index in [0.717, 1.165) is 5.56 Å². The monoisotopic (exact) mass is 260 g/mol. The first-order valence-electron chi connectivity index (χ1n) is 6.69. The number of rotatable bonds is 4. The zero-order chi connectivity index (χ0) is 14.3. The Hall–Kier alpha value is -1.77. The molecule has 2 amide bonds. The highest BCUT2D eigenvalue weighted by molar-refractivity contribution is 5.75. The maximum atomic E-state index is 12.0.